The summed E-state index contributed by atoms with van der Waals surface area (Å²) in [4.78, 5) is 6.85. The van der Waals surface area contributed by atoms with E-state index in [9.17, 15) is 0 Å². The summed E-state index contributed by atoms with van der Waals surface area (Å²) in [6.07, 6.45) is 0.949. The van der Waals surface area contributed by atoms with Crippen LogP contribution in [0.4, 0.5) is 11.4 Å². The summed E-state index contributed by atoms with van der Waals surface area (Å²) >= 11 is 0. The highest BCUT2D eigenvalue weighted by Gasteiger charge is 2.15. The van der Waals surface area contributed by atoms with Crippen LogP contribution in [0.2, 0.25) is 0 Å². The van der Waals surface area contributed by atoms with Crippen molar-refractivity contribution in [1.29, 1.82) is 0 Å². The summed E-state index contributed by atoms with van der Waals surface area (Å²) in [5, 5.41) is 19.5. The van der Waals surface area contributed by atoms with E-state index in [1.807, 2.05) is 54.6 Å². The first kappa shape index (κ1) is 20.2. The second-order valence-corrected chi connectivity index (χ2v) is 7.11. The lowest BCUT2D eigenvalue weighted by Crippen LogP contribution is -2.18. The molecule has 7 heteroatoms. The summed E-state index contributed by atoms with van der Waals surface area (Å²) < 4.78 is 0. The third kappa shape index (κ3) is 4.56. The number of H-pyrrole nitrogens is 1. The molecule has 156 valence electrons. The molecule has 0 radical (unpaired) electrons. The first-order valence-electron chi connectivity index (χ1n) is 10.1. The molecule has 0 amide bonds. The van der Waals surface area contributed by atoms with Gasteiger partial charge in [0.05, 0.1) is 6.54 Å². The van der Waals surface area contributed by atoms with E-state index in [-0.39, 0.29) is 5.84 Å². The molecule has 4 rings (SSSR count). The number of rotatable bonds is 7. The number of anilines is 2. The van der Waals surface area contributed by atoms with Gasteiger partial charge >= 0.3 is 0 Å². The second kappa shape index (κ2) is 9.13. The van der Waals surface area contributed by atoms with Crippen LogP contribution < -0.4 is 10.6 Å². The van der Waals surface area contributed by atoms with Gasteiger partial charge in [-0.15, -0.1) is 0 Å². The number of nitrogens with one attached hydrogen (secondary N) is 1. The van der Waals surface area contributed by atoms with Gasteiger partial charge in [0, 0.05) is 22.5 Å². The van der Waals surface area contributed by atoms with Gasteiger partial charge in [-0.3, -0.25) is 5.10 Å². The smallest absolute Gasteiger partial charge is 0.181 e. The molecule has 0 aliphatic heterocycles. The molecule has 7 nitrogen and oxygen atoms in total. The van der Waals surface area contributed by atoms with Crippen LogP contribution in [-0.4, -0.2) is 26.2 Å². The molecule has 0 unspecified atom stereocenters. The Kier molecular flexibility index (Phi) is 5.93. The minimum Gasteiger partial charge on any atom is -0.409 e. The first-order valence-corrected chi connectivity index (χ1v) is 10.1. The Bertz CT molecular complexity index is 1170. The fraction of sp³-hybridized carbons (Fsp3) is 0.125. The summed E-state index contributed by atoms with van der Waals surface area (Å²) in [5.41, 5.74) is 10.6. The molecule has 0 saturated heterocycles. The number of hydrogen-bond acceptors (Lipinski definition) is 5. The van der Waals surface area contributed by atoms with Crippen molar-refractivity contribution in [1.82, 2.24) is 15.2 Å². The fourth-order valence-corrected chi connectivity index (χ4v) is 3.38. The van der Waals surface area contributed by atoms with Gasteiger partial charge in [-0.2, -0.15) is 5.10 Å². The molecule has 0 atom stereocenters. The summed E-state index contributed by atoms with van der Waals surface area (Å²) in [6, 6.07) is 25.9. The van der Waals surface area contributed by atoms with E-state index < -0.39 is 0 Å². The zero-order valence-electron chi connectivity index (χ0n) is 17.2. The van der Waals surface area contributed by atoms with Gasteiger partial charge in [0.25, 0.3) is 0 Å². The Balaban J connectivity index is 1.68. The van der Waals surface area contributed by atoms with Crippen LogP contribution in [0.1, 0.15) is 23.9 Å². The molecular weight excluding hydrogens is 388 g/mol. The van der Waals surface area contributed by atoms with Crippen molar-refractivity contribution in [3.05, 3.63) is 95.8 Å². The summed E-state index contributed by atoms with van der Waals surface area (Å²) in [6.45, 7) is 2.65. The highest BCUT2D eigenvalue weighted by molar-refractivity contribution is 5.97. The minimum absolute atomic E-state index is 0.0776. The maximum atomic E-state index is 8.93. The third-order valence-corrected chi connectivity index (χ3v) is 5.08. The van der Waals surface area contributed by atoms with Crippen molar-refractivity contribution in [3.63, 3.8) is 0 Å². The summed E-state index contributed by atoms with van der Waals surface area (Å²) in [5.74, 6) is 1.50. The Labute approximate surface area is 180 Å². The quantitative estimate of drug-likeness (QED) is 0.180. The molecule has 3 aromatic carbocycles. The standard InChI is InChI=1S/C24H24N6O/c1-2-17-7-6-10-21(15-17)30(20-13-11-18(12-14-20)23(25)29-31)16-22-26-24(28-27-22)19-8-4-3-5-9-19/h3-15,31H,2,16H2,1H3,(H2,25,29)(H,26,27,28). The average molecular weight is 412 g/mol. The zero-order valence-corrected chi connectivity index (χ0v) is 17.2. The number of aromatic nitrogens is 3. The highest BCUT2D eigenvalue weighted by Crippen LogP contribution is 2.28. The number of hydrogen-bond donors (Lipinski definition) is 3. The predicted molar refractivity (Wildman–Crippen MR) is 122 cm³/mol. The van der Waals surface area contributed by atoms with Gasteiger partial charge in [0.1, 0.15) is 5.82 Å². The second-order valence-electron chi connectivity index (χ2n) is 7.11. The van der Waals surface area contributed by atoms with E-state index in [0.29, 0.717) is 17.9 Å². The van der Waals surface area contributed by atoms with Crippen molar-refractivity contribution in [2.75, 3.05) is 4.90 Å². The fourth-order valence-electron chi connectivity index (χ4n) is 3.38. The zero-order chi connectivity index (χ0) is 21.6. The molecule has 4 aromatic rings. The number of aromatic amines is 1. The molecule has 0 spiro atoms. The first-order chi connectivity index (χ1) is 15.2. The largest absolute Gasteiger partial charge is 0.409 e. The van der Waals surface area contributed by atoms with Crippen molar-refractivity contribution in [2.24, 2.45) is 10.9 Å². The molecule has 0 fully saturated rings. The Morgan fingerprint density at radius 1 is 1.00 bits per heavy atom. The molecule has 31 heavy (non-hydrogen) atoms. The number of benzene rings is 3. The minimum atomic E-state index is 0.0776. The van der Waals surface area contributed by atoms with E-state index in [2.05, 4.69) is 51.4 Å². The molecular formula is C24H24N6O. The van der Waals surface area contributed by atoms with E-state index in [1.165, 1.54) is 5.56 Å². The van der Waals surface area contributed by atoms with Gasteiger partial charge < -0.3 is 15.8 Å². The number of oxime groups is 1. The van der Waals surface area contributed by atoms with Crippen molar-refractivity contribution < 1.29 is 5.21 Å². The van der Waals surface area contributed by atoms with Crippen LogP contribution in [0, 0.1) is 0 Å². The van der Waals surface area contributed by atoms with Crippen LogP contribution in [-0.2, 0) is 13.0 Å². The van der Waals surface area contributed by atoms with Gasteiger partial charge in [-0.25, -0.2) is 4.98 Å². The number of aryl methyl sites for hydroxylation is 1. The Morgan fingerprint density at radius 3 is 2.48 bits per heavy atom. The lowest BCUT2D eigenvalue weighted by Gasteiger charge is -2.24. The van der Waals surface area contributed by atoms with Gasteiger partial charge in [-0.05, 0) is 48.4 Å². The molecule has 0 aliphatic rings. The molecule has 0 aliphatic carbocycles. The van der Waals surface area contributed by atoms with Crippen LogP contribution in [0.3, 0.4) is 0 Å². The molecule has 1 heterocycles. The SMILES string of the molecule is CCc1cccc(N(Cc2nc(-c3ccccc3)n[nH]2)c2ccc(C(N)=NO)cc2)c1. The van der Waals surface area contributed by atoms with Crippen molar-refractivity contribution in [3.8, 4) is 11.4 Å². The van der Waals surface area contributed by atoms with E-state index in [0.717, 1.165) is 29.2 Å². The van der Waals surface area contributed by atoms with E-state index >= 15 is 0 Å². The maximum Gasteiger partial charge on any atom is 0.181 e. The van der Waals surface area contributed by atoms with Crippen molar-refractivity contribution in [2.45, 2.75) is 19.9 Å². The number of amidine groups is 1. The van der Waals surface area contributed by atoms with Gasteiger partial charge in [0.15, 0.2) is 11.7 Å². The van der Waals surface area contributed by atoms with Crippen molar-refractivity contribution >= 4 is 17.2 Å². The monoisotopic (exact) mass is 412 g/mol. The lowest BCUT2D eigenvalue weighted by atomic mass is 10.1. The normalized spacial score (nSPS) is 11.5. The van der Waals surface area contributed by atoms with Gasteiger partial charge in [-0.1, -0.05) is 54.5 Å². The third-order valence-electron chi connectivity index (χ3n) is 5.08. The molecule has 0 saturated carbocycles. The lowest BCUT2D eigenvalue weighted by molar-refractivity contribution is 0.318. The van der Waals surface area contributed by atoms with E-state index in [1.54, 1.807) is 0 Å². The number of nitrogens with zero attached hydrogens (tertiary/aromatic N) is 4. The Morgan fingerprint density at radius 2 is 1.77 bits per heavy atom. The molecule has 4 N–H and O–H groups in total. The average Bonchev–Trinajstić information content (AvgIpc) is 3.31. The topological polar surface area (TPSA) is 103 Å². The van der Waals surface area contributed by atoms with Gasteiger partial charge in [0.2, 0.25) is 0 Å². The molecule has 0 bridgehead atoms. The number of nitrogens with two attached hydrogens (primary N) is 1. The highest BCUT2D eigenvalue weighted by atomic mass is 16.4. The van der Waals surface area contributed by atoms with Crippen LogP contribution in [0.15, 0.2) is 84.0 Å². The van der Waals surface area contributed by atoms with Crippen LogP contribution in [0.5, 0.6) is 0 Å². The van der Waals surface area contributed by atoms with E-state index in [4.69, 9.17) is 15.9 Å². The maximum absolute atomic E-state index is 8.93. The van der Waals surface area contributed by atoms with Crippen LogP contribution in [0.25, 0.3) is 11.4 Å². The van der Waals surface area contributed by atoms with Crippen LogP contribution >= 0.6 is 0 Å². The Hall–Kier alpha value is -4.13. The summed E-state index contributed by atoms with van der Waals surface area (Å²) in [7, 11) is 0. The predicted octanol–water partition coefficient (Wildman–Crippen LogP) is 4.47. The molecule has 1 aromatic heterocycles.